The second kappa shape index (κ2) is 5.71. The van der Waals surface area contributed by atoms with Crippen LogP contribution in [-0.2, 0) is 19.3 Å². The molecule has 0 bridgehead atoms. The van der Waals surface area contributed by atoms with Gasteiger partial charge in [-0.3, -0.25) is 4.98 Å². The third kappa shape index (κ3) is 2.37. The van der Waals surface area contributed by atoms with Crippen molar-refractivity contribution in [3.8, 4) is 0 Å². The molecule has 0 unspecified atom stereocenters. The molecular formula is C16H20ClN. The Hall–Kier alpha value is -1.08. The molecule has 18 heavy (non-hydrogen) atoms. The minimum atomic E-state index is 0.797. The first-order valence-corrected chi connectivity index (χ1v) is 7.18. The monoisotopic (exact) mass is 261 g/mol. The molecular weight excluding hydrogens is 242 g/mol. The van der Waals surface area contributed by atoms with Crippen LogP contribution in [0.25, 0.3) is 10.9 Å². The summed E-state index contributed by atoms with van der Waals surface area (Å²) >= 11 is 6.12. The van der Waals surface area contributed by atoms with E-state index in [1.54, 1.807) is 0 Å². The third-order valence-corrected chi connectivity index (χ3v) is 3.68. The van der Waals surface area contributed by atoms with Crippen molar-refractivity contribution in [3.63, 3.8) is 0 Å². The summed E-state index contributed by atoms with van der Waals surface area (Å²) in [6.07, 6.45) is 4.32. The highest BCUT2D eigenvalue weighted by molar-refractivity contribution is 6.31. The van der Waals surface area contributed by atoms with Gasteiger partial charge in [-0.1, -0.05) is 38.8 Å². The molecule has 2 aromatic rings. The van der Waals surface area contributed by atoms with E-state index >= 15 is 0 Å². The Kier molecular flexibility index (Phi) is 4.23. The van der Waals surface area contributed by atoms with Gasteiger partial charge in [0.05, 0.1) is 5.52 Å². The SMILES string of the molecule is CCCc1c(CC)nc2ccc(Cl)cc2c1CC. The van der Waals surface area contributed by atoms with Crippen LogP contribution in [-0.4, -0.2) is 4.98 Å². The molecule has 1 aromatic carbocycles. The standard InChI is InChI=1S/C16H20ClN/c1-4-7-13-12(5-2)14-10-11(17)8-9-16(14)18-15(13)6-3/h8-10H,4-7H2,1-3H3. The average Bonchev–Trinajstić information content (AvgIpc) is 2.38. The van der Waals surface area contributed by atoms with Crippen molar-refractivity contribution in [3.05, 3.63) is 40.0 Å². The second-order valence-electron chi connectivity index (χ2n) is 4.63. The Morgan fingerprint density at radius 2 is 1.83 bits per heavy atom. The van der Waals surface area contributed by atoms with Crippen molar-refractivity contribution >= 4 is 22.5 Å². The van der Waals surface area contributed by atoms with Gasteiger partial charge in [0.2, 0.25) is 0 Å². The van der Waals surface area contributed by atoms with E-state index < -0.39 is 0 Å². The van der Waals surface area contributed by atoms with Crippen molar-refractivity contribution in [1.82, 2.24) is 4.98 Å². The molecule has 1 aromatic heterocycles. The molecule has 0 fully saturated rings. The molecule has 1 nitrogen and oxygen atoms in total. The van der Waals surface area contributed by atoms with E-state index in [2.05, 4.69) is 26.8 Å². The summed E-state index contributed by atoms with van der Waals surface area (Å²) in [4.78, 5) is 4.80. The molecule has 0 aliphatic rings. The van der Waals surface area contributed by atoms with Crippen LogP contribution in [0.5, 0.6) is 0 Å². The predicted octanol–water partition coefficient (Wildman–Crippen LogP) is 4.97. The molecule has 0 atom stereocenters. The number of aryl methyl sites for hydroxylation is 2. The van der Waals surface area contributed by atoms with Crippen LogP contribution in [0.1, 0.15) is 44.0 Å². The highest BCUT2D eigenvalue weighted by Crippen LogP contribution is 2.28. The van der Waals surface area contributed by atoms with Crippen molar-refractivity contribution in [2.45, 2.75) is 46.5 Å². The molecule has 0 spiro atoms. The van der Waals surface area contributed by atoms with Crippen LogP contribution in [0.4, 0.5) is 0 Å². The molecule has 96 valence electrons. The Bertz CT molecular complexity index is 561. The lowest BCUT2D eigenvalue weighted by Crippen LogP contribution is -2.03. The zero-order valence-electron chi connectivity index (χ0n) is 11.4. The summed E-state index contributed by atoms with van der Waals surface area (Å²) in [5, 5.41) is 2.02. The first-order valence-electron chi connectivity index (χ1n) is 6.81. The lowest BCUT2D eigenvalue weighted by molar-refractivity contribution is 0.862. The fraction of sp³-hybridized carbons (Fsp3) is 0.438. The number of nitrogens with zero attached hydrogens (tertiary/aromatic N) is 1. The van der Waals surface area contributed by atoms with Gasteiger partial charge in [0.15, 0.2) is 0 Å². The van der Waals surface area contributed by atoms with Gasteiger partial charge in [-0.05, 0) is 48.6 Å². The maximum absolute atomic E-state index is 6.12. The molecule has 0 saturated carbocycles. The number of pyridine rings is 1. The van der Waals surface area contributed by atoms with Crippen LogP contribution >= 0.6 is 11.6 Å². The lowest BCUT2D eigenvalue weighted by atomic mass is 9.94. The molecule has 2 rings (SSSR count). The van der Waals surface area contributed by atoms with Gasteiger partial charge in [0.25, 0.3) is 0 Å². The van der Waals surface area contributed by atoms with Gasteiger partial charge in [0, 0.05) is 16.1 Å². The minimum absolute atomic E-state index is 0.797. The fourth-order valence-corrected chi connectivity index (χ4v) is 2.81. The van der Waals surface area contributed by atoms with Gasteiger partial charge in [-0.25, -0.2) is 0 Å². The molecule has 1 heterocycles. The van der Waals surface area contributed by atoms with Crippen LogP contribution in [0, 0.1) is 0 Å². The maximum atomic E-state index is 6.12. The van der Waals surface area contributed by atoms with Gasteiger partial charge < -0.3 is 0 Å². The fourth-order valence-electron chi connectivity index (χ4n) is 2.64. The van der Waals surface area contributed by atoms with Crippen molar-refractivity contribution < 1.29 is 0 Å². The number of rotatable bonds is 4. The number of aromatic nitrogens is 1. The number of hydrogen-bond acceptors (Lipinski definition) is 1. The average molecular weight is 262 g/mol. The van der Waals surface area contributed by atoms with E-state index in [1.165, 1.54) is 22.2 Å². The summed E-state index contributed by atoms with van der Waals surface area (Å²) < 4.78 is 0. The largest absolute Gasteiger partial charge is 0.253 e. The predicted molar refractivity (Wildman–Crippen MR) is 79.5 cm³/mol. The van der Waals surface area contributed by atoms with E-state index in [0.29, 0.717) is 0 Å². The Morgan fingerprint density at radius 1 is 1.06 bits per heavy atom. The van der Waals surface area contributed by atoms with Crippen molar-refractivity contribution in [1.29, 1.82) is 0 Å². The first kappa shape index (κ1) is 13.4. The molecule has 0 N–H and O–H groups in total. The molecule has 0 aliphatic heterocycles. The van der Waals surface area contributed by atoms with Crippen LogP contribution in [0.3, 0.4) is 0 Å². The van der Waals surface area contributed by atoms with Crippen molar-refractivity contribution in [2.24, 2.45) is 0 Å². The summed E-state index contributed by atoms with van der Waals surface area (Å²) in [7, 11) is 0. The van der Waals surface area contributed by atoms with Gasteiger partial charge in [-0.2, -0.15) is 0 Å². The molecule has 0 radical (unpaired) electrons. The Morgan fingerprint density at radius 3 is 2.44 bits per heavy atom. The highest BCUT2D eigenvalue weighted by atomic mass is 35.5. The quantitative estimate of drug-likeness (QED) is 0.758. The number of hydrogen-bond donors (Lipinski definition) is 0. The van der Waals surface area contributed by atoms with E-state index in [9.17, 15) is 0 Å². The second-order valence-corrected chi connectivity index (χ2v) is 5.07. The smallest absolute Gasteiger partial charge is 0.0709 e. The summed E-state index contributed by atoms with van der Waals surface area (Å²) in [5.74, 6) is 0. The Balaban J connectivity index is 2.78. The molecule has 0 saturated heterocycles. The summed E-state index contributed by atoms with van der Waals surface area (Å²) in [6.45, 7) is 6.62. The number of benzene rings is 1. The van der Waals surface area contributed by atoms with E-state index in [4.69, 9.17) is 16.6 Å². The van der Waals surface area contributed by atoms with E-state index in [1.807, 2.05) is 12.1 Å². The minimum Gasteiger partial charge on any atom is -0.253 e. The number of fused-ring (bicyclic) bond motifs is 1. The zero-order valence-corrected chi connectivity index (χ0v) is 12.1. The number of halogens is 1. The normalized spacial score (nSPS) is 11.1. The summed E-state index contributed by atoms with van der Waals surface area (Å²) in [6, 6.07) is 6.02. The zero-order chi connectivity index (χ0) is 13.1. The van der Waals surface area contributed by atoms with Crippen molar-refractivity contribution in [2.75, 3.05) is 0 Å². The van der Waals surface area contributed by atoms with E-state index in [0.717, 1.165) is 36.2 Å². The van der Waals surface area contributed by atoms with Gasteiger partial charge in [0.1, 0.15) is 0 Å². The van der Waals surface area contributed by atoms with Gasteiger partial charge >= 0.3 is 0 Å². The van der Waals surface area contributed by atoms with Crippen LogP contribution in [0.15, 0.2) is 18.2 Å². The highest BCUT2D eigenvalue weighted by Gasteiger charge is 2.12. The van der Waals surface area contributed by atoms with Crippen LogP contribution < -0.4 is 0 Å². The lowest BCUT2D eigenvalue weighted by Gasteiger charge is -2.15. The molecule has 2 heteroatoms. The van der Waals surface area contributed by atoms with Gasteiger partial charge in [-0.15, -0.1) is 0 Å². The maximum Gasteiger partial charge on any atom is 0.0709 e. The Labute approximate surface area is 114 Å². The first-order chi connectivity index (χ1) is 8.71. The molecule has 0 aliphatic carbocycles. The summed E-state index contributed by atoms with van der Waals surface area (Å²) in [5.41, 5.74) is 5.20. The van der Waals surface area contributed by atoms with E-state index in [-0.39, 0.29) is 0 Å². The third-order valence-electron chi connectivity index (χ3n) is 3.44. The molecule has 0 amide bonds. The topological polar surface area (TPSA) is 12.9 Å². The van der Waals surface area contributed by atoms with Crippen LogP contribution in [0.2, 0.25) is 5.02 Å².